The Balaban J connectivity index is 1.33. The molecule has 3 atom stereocenters. The Bertz CT molecular complexity index is 1990. The summed E-state index contributed by atoms with van der Waals surface area (Å²) in [5, 5.41) is 11.6. The fourth-order valence-corrected chi connectivity index (χ4v) is 7.77. The van der Waals surface area contributed by atoms with Crippen molar-refractivity contribution in [1.82, 2.24) is 19.9 Å². The molecule has 46 heavy (non-hydrogen) atoms. The van der Waals surface area contributed by atoms with Crippen molar-refractivity contribution >= 4 is 27.5 Å². The lowest BCUT2D eigenvalue weighted by Gasteiger charge is -2.31. The minimum Gasteiger partial charge on any atom is -0.508 e. The van der Waals surface area contributed by atoms with E-state index >= 15 is 4.39 Å². The quantitative estimate of drug-likeness (QED) is 0.216. The number of hydrogen-bond acceptors (Lipinski definition) is 8. The largest absolute Gasteiger partial charge is 0.508 e. The third kappa shape index (κ3) is 4.53. The minimum atomic E-state index is -0.978. The number of hydrogen-bond donors (Lipinski definition) is 1. The van der Waals surface area contributed by atoms with E-state index in [1.807, 2.05) is 6.92 Å². The van der Waals surface area contributed by atoms with Crippen molar-refractivity contribution in [2.75, 3.05) is 37.7 Å². The monoisotopic (exact) mass is 627 g/mol. The number of aromatic hydroxyl groups is 1. The van der Waals surface area contributed by atoms with Gasteiger partial charge < -0.3 is 19.5 Å². The summed E-state index contributed by atoms with van der Waals surface area (Å²) in [6.07, 6.45) is 10.9. The van der Waals surface area contributed by atoms with Crippen molar-refractivity contribution in [2.45, 2.75) is 56.8 Å². The molecule has 0 bridgehead atoms. The number of fused-ring (bicyclic) bond motifs is 4. The van der Waals surface area contributed by atoms with Crippen LogP contribution in [0.5, 0.6) is 17.6 Å². The lowest BCUT2D eigenvalue weighted by atomic mass is 9.95. The van der Waals surface area contributed by atoms with Crippen LogP contribution in [0.2, 0.25) is 0 Å². The molecular formula is C35H32F3N5O3. The molecule has 2 fully saturated rings. The fraction of sp³-hybridized carbons (Fsp3) is 0.400. The molecule has 4 aromatic rings. The number of aromatic nitrogens is 3. The molecule has 0 radical (unpaired) electrons. The highest BCUT2D eigenvalue weighted by Crippen LogP contribution is 2.44. The van der Waals surface area contributed by atoms with Gasteiger partial charge in [-0.15, -0.1) is 6.42 Å². The Hall–Kier alpha value is -4.56. The number of phenolic OH excluding ortho intramolecular Hbond substituents is 1. The van der Waals surface area contributed by atoms with Gasteiger partial charge in [-0.3, -0.25) is 4.90 Å². The molecule has 2 aromatic heterocycles. The van der Waals surface area contributed by atoms with E-state index in [0.29, 0.717) is 42.8 Å². The van der Waals surface area contributed by atoms with Crippen LogP contribution in [0, 0.1) is 24.0 Å². The van der Waals surface area contributed by atoms with Crippen LogP contribution in [0.3, 0.4) is 0 Å². The molecule has 0 amide bonds. The van der Waals surface area contributed by atoms with Crippen molar-refractivity contribution in [3.05, 3.63) is 53.1 Å². The maximum Gasteiger partial charge on any atom is 0.319 e. The first-order valence-electron chi connectivity index (χ1n) is 15.7. The highest BCUT2D eigenvalue weighted by atomic mass is 19.1. The zero-order chi connectivity index (χ0) is 31.7. The number of ether oxygens (including phenoxy) is 2. The van der Waals surface area contributed by atoms with E-state index in [-0.39, 0.29) is 64.4 Å². The second-order valence-electron chi connectivity index (χ2n) is 12.9. The first kappa shape index (κ1) is 28.9. The van der Waals surface area contributed by atoms with Crippen LogP contribution >= 0.6 is 0 Å². The first-order chi connectivity index (χ1) is 22.2. The smallest absolute Gasteiger partial charge is 0.319 e. The molecular weight excluding hydrogens is 595 g/mol. The lowest BCUT2D eigenvalue weighted by Crippen LogP contribution is -2.43. The zero-order valence-electron chi connectivity index (χ0n) is 25.3. The van der Waals surface area contributed by atoms with Gasteiger partial charge in [-0.05, 0) is 43.4 Å². The molecule has 4 aliphatic rings. The number of anilines is 1. The van der Waals surface area contributed by atoms with E-state index in [2.05, 4.69) is 31.8 Å². The molecule has 8 rings (SSSR count). The maximum atomic E-state index is 17.0. The summed E-state index contributed by atoms with van der Waals surface area (Å²) in [7, 11) is 0. The molecule has 2 saturated heterocycles. The average molecular weight is 628 g/mol. The summed E-state index contributed by atoms with van der Waals surface area (Å²) >= 11 is 0. The van der Waals surface area contributed by atoms with Gasteiger partial charge in [0.15, 0.2) is 5.82 Å². The Morgan fingerprint density at radius 2 is 2.02 bits per heavy atom. The van der Waals surface area contributed by atoms with E-state index < -0.39 is 23.3 Å². The molecule has 8 nitrogen and oxygen atoms in total. The first-order valence-corrected chi connectivity index (χ1v) is 15.7. The topological polar surface area (TPSA) is 83.8 Å². The minimum absolute atomic E-state index is 0.0328. The molecule has 0 unspecified atom stereocenters. The van der Waals surface area contributed by atoms with Gasteiger partial charge in [0.25, 0.3) is 0 Å². The Kier molecular flexibility index (Phi) is 6.76. The van der Waals surface area contributed by atoms with Gasteiger partial charge in [0.05, 0.1) is 17.1 Å². The van der Waals surface area contributed by atoms with Crippen LogP contribution in [0.4, 0.5) is 19.0 Å². The van der Waals surface area contributed by atoms with Gasteiger partial charge in [0.2, 0.25) is 5.88 Å². The van der Waals surface area contributed by atoms with Crippen LogP contribution in [-0.4, -0.2) is 75.6 Å². The van der Waals surface area contributed by atoms with Crippen LogP contribution < -0.4 is 14.4 Å². The second kappa shape index (κ2) is 10.8. The predicted molar refractivity (Wildman–Crippen MR) is 168 cm³/mol. The van der Waals surface area contributed by atoms with Gasteiger partial charge in [-0.2, -0.15) is 9.97 Å². The second-order valence-corrected chi connectivity index (χ2v) is 12.9. The van der Waals surface area contributed by atoms with Gasteiger partial charge in [-0.1, -0.05) is 36.5 Å². The van der Waals surface area contributed by atoms with Crippen molar-refractivity contribution in [3.63, 3.8) is 0 Å². The van der Waals surface area contributed by atoms with Crippen molar-refractivity contribution in [2.24, 2.45) is 0 Å². The highest BCUT2D eigenvalue weighted by Gasteiger charge is 2.48. The van der Waals surface area contributed by atoms with Gasteiger partial charge in [0.1, 0.15) is 53.4 Å². The molecule has 2 aromatic carbocycles. The van der Waals surface area contributed by atoms with Crippen molar-refractivity contribution in [1.29, 1.82) is 0 Å². The summed E-state index contributed by atoms with van der Waals surface area (Å²) in [5.41, 5.74) is 0.249. The van der Waals surface area contributed by atoms with Crippen molar-refractivity contribution in [3.8, 4) is 41.2 Å². The van der Waals surface area contributed by atoms with Crippen LogP contribution in [0.25, 0.3) is 32.9 Å². The van der Waals surface area contributed by atoms with Crippen molar-refractivity contribution < 1.29 is 27.8 Å². The molecule has 0 spiro atoms. The summed E-state index contributed by atoms with van der Waals surface area (Å²) in [6.45, 7) is 4.08. The lowest BCUT2D eigenvalue weighted by molar-refractivity contribution is 0.131. The van der Waals surface area contributed by atoms with Gasteiger partial charge in [-0.25, -0.2) is 18.2 Å². The number of pyridine rings is 1. The van der Waals surface area contributed by atoms with Crippen LogP contribution in [-0.2, 0) is 0 Å². The Labute approximate surface area is 263 Å². The van der Waals surface area contributed by atoms with Gasteiger partial charge >= 0.3 is 6.01 Å². The van der Waals surface area contributed by atoms with E-state index in [0.717, 1.165) is 31.3 Å². The molecule has 236 valence electrons. The third-order valence-electron chi connectivity index (χ3n) is 9.75. The highest BCUT2D eigenvalue weighted by molar-refractivity contribution is 6.04. The summed E-state index contributed by atoms with van der Waals surface area (Å²) < 4.78 is 59.0. The molecule has 0 saturated carbocycles. The van der Waals surface area contributed by atoms with E-state index in [9.17, 15) is 13.9 Å². The standard InChI is InChI=1S/C35H32F3N5O3/c1-3-24-26(37)9-8-20-11-23(44)12-25(27(20)24)30-29(38)31-28-32(43-10-6-4-5-7-22(43)17-45-33(28)39-30)41-34(40-31)46-18-35-13-19(2)15-42(35)16-21(36)14-35/h1,8-9,11-13,21-22,44H,4-7,10,14-18H2,2H3/t21-,22+,35+/m1/s1. The number of halogens is 3. The normalized spacial score (nSPS) is 24.2. The number of alkyl halides is 1. The third-order valence-corrected chi connectivity index (χ3v) is 9.75. The molecule has 6 heterocycles. The number of terminal acetylenes is 1. The van der Waals surface area contributed by atoms with Crippen LogP contribution in [0.1, 0.15) is 44.6 Å². The van der Waals surface area contributed by atoms with E-state index in [1.54, 1.807) is 0 Å². The number of benzene rings is 2. The predicted octanol–water partition coefficient (Wildman–Crippen LogP) is 6.07. The van der Waals surface area contributed by atoms with E-state index in [1.165, 1.54) is 24.3 Å². The van der Waals surface area contributed by atoms with E-state index in [4.69, 9.17) is 20.9 Å². The van der Waals surface area contributed by atoms with Gasteiger partial charge in [0, 0.05) is 37.0 Å². The Morgan fingerprint density at radius 3 is 2.87 bits per heavy atom. The molecule has 0 aliphatic carbocycles. The fourth-order valence-electron chi connectivity index (χ4n) is 7.77. The SMILES string of the molecule is C#Cc1c(F)ccc2cc(O)cc(-c3nc4c5c(nc(OC[C@@]67C=C(C)CN6C[C@H](F)C7)nc5c3F)N3CCCCC[C@H]3CO4)c12. The zero-order valence-corrected chi connectivity index (χ0v) is 25.3. The maximum absolute atomic E-state index is 17.0. The summed E-state index contributed by atoms with van der Waals surface area (Å²) in [5.74, 6) is 1.33. The summed E-state index contributed by atoms with van der Waals surface area (Å²) in [4.78, 5) is 18.2. The average Bonchev–Trinajstić information content (AvgIpc) is 3.29. The number of phenols is 1. The van der Waals surface area contributed by atoms with Crippen LogP contribution in [0.15, 0.2) is 35.9 Å². The summed E-state index contributed by atoms with van der Waals surface area (Å²) in [6, 6.07) is 5.35. The molecule has 11 heteroatoms. The number of rotatable bonds is 4. The molecule has 1 N–H and O–H groups in total. The number of nitrogens with zero attached hydrogens (tertiary/aromatic N) is 5. The Morgan fingerprint density at radius 1 is 1.15 bits per heavy atom. The molecule has 4 aliphatic heterocycles.